The van der Waals surface area contributed by atoms with E-state index in [1.807, 2.05) is 24.3 Å². The zero-order chi connectivity index (χ0) is 15.7. The molecule has 21 heavy (non-hydrogen) atoms. The molecule has 0 atom stereocenters. The van der Waals surface area contributed by atoms with Gasteiger partial charge in [0.2, 0.25) is 0 Å². The summed E-state index contributed by atoms with van der Waals surface area (Å²) in [5.74, 6) is 1.82. The fraction of sp³-hybridized carbons (Fsp3) is 0.143. The third-order valence-corrected chi connectivity index (χ3v) is 5.00. The minimum Gasteiger partial charge on any atom is -0.497 e. The van der Waals surface area contributed by atoms with Gasteiger partial charge in [-0.15, -0.1) is 0 Å². The van der Waals surface area contributed by atoms with Crippen molar-refractivity contribution in [3.05, 3.63) is 60.6 Å². The van der Waals surface area contributed by atoms with Gasteiger partial charge in [0.05, 0.1) is 14.2 Å². The highest BCUT2D eigenvalue weighted by Gasteiger charge is 2.15. The molecule has 0 bridgehead atoms. The van der Waals surface area contributed by atoms with Gasteiger partial charge in [-0.25, -0.2) is 10.4 Å². The van der Waals surface area contributed by atoms with Crippen LogP contribution in [0.3, 0.4) is 0 Å². The predicted octanol–water partition coefficient (Wildman–Crippen LogP) is -0.624. The smallest absolute Gasteiger partial charge is 0.472 e. The molecule has 112 valence electrons. The van der Waals surface area contributed by atoms with Gasteiger partial charge in [-0.1, -0.05) is 0 Å². The maximum atomic E-state index is 8.47. The summed E-state index contributed by atoms with van der Waals surface area (Å²) in [5, 5.41) is 12.5. The fourth-order valence-corrected chi connectivity index (χ4v) is 3.55. The van der Waals surface area contributed by atoms with Crippen LogP contribution < -0.4 is 30.7 Å². The molecule has 0 unspecified atom stereocenters. The standard InChI is InChI=1S/C14H14IO2.H2NO3/c1-16-13-7-3-11(4-8-13)15-12-5-9-14(17-2)10-6-12;2-1(3)4/h3-10H,1-2H3;(H2,2,3,4)/q2*+1. The number of nitrogens with zero attached hydrogens (tertiary/aromatic N) is 1. The SMILES string of the molecule is COc1ccc([I+]c2ccc(OC)cc2)cc1.O=[N+](O)O. The van der Waals surface area contributed by atoms with Crippen molar-refractivity contribution in [2.24, 2.45) is 0 Å². The molecule has 0 radical (unpaired) electrons. The lowest BCUT2D eigenvalue weighted by Crippen LogP contribution is -3.61. The molecule has 0 fully saturated rings. The first-order valence-electron chi connectivity index (χ1n) is 5.83. The van der Waals surface area contributed by atoms with E-state index in [4.69, 9.17) is 24.8 Å². The van der Waals surface area contributed by atoms with Crippen molar-refractivity contribution in [3.8, 4) is 11.5 Å². The minimum absolute atomic E-state index is 0.119. The Morgan fingerprint density at radius 2 is 1.10 bits per heavy atom. The zero-order valence-electron chi connectivity index (χ0n) is 11.6. The molecule has 0 saturated carbocycles. The van der Waals surface area contributed by atoms with E-state index in [0.29, 0.717) is 0 Å². The molecule has 0 aliphatic rings. The van der Waals surface area contributed by atoms with Crippen molar-refractivity contribution >= 4 is 0 Å². The maximum Gasteiger partial charge on any atom is 0.472 e. The molecule has 0 aromatic heterocycles. The fourth-order valence-electron chi connectivity index (χ4n) is 1.39. The lowest BCUT2D eigenvalue weighted by molar-refractivity contribution is -0.969. The summed E-state index contributed by atoms with van der Waals surface area (Å²) >= 11 is -0.119. The third-order valence-electron chi connectivity index (χ3n) is 2.32. The van der Waals surface area contributed by atoms with Crippen LogP contribution in [0.2, 0.25) is 0 Å². The summed E-state index contributed by atoms with van der Waals surface area (Å²) in [4.78, 5) is 8.47. The summed E-state index contributed by atoms with van der Waals surface area (Å²) in [6, 6.07) is 16.6. The Morgan fingerprint density at radius 3 is 1.33 bits per heavy atom. The van der Waals surface area contributed by atoms with Crippen LogP contribution in [0.4, 0.5) is 0 Å². The largest absolute Gasteiger partial charge is 0.497 e. The molecule has 0 amide bonds. The van der Waals surface area contributed by atoms with Gasteiger partial charge in [0.25, 0.3) is 0 Å². The van der Waals surface area contributed by atoms with E-state index in [1.165, 1.54) is 7.14 Å². The van der Waals surface area contributed by atoms with E-state index in [-0.39, 0.29) is 21.2 Å². The lowest BCUT2D eigenvalue weighted by Gasteiger charge is -1.97. The van der Waals surface area contributed by atoms with Crippen LogP contribution in [0.15, 0.2) is 48.5 Å². The number of hydrogen-bond donors (Lipinski definition) is 2. The van der Waals surface area contributed by atoms with E-state index in [1.54, 1.807) is 14.2 Å². The average molecular weight is 405 g/mol. The van der Waals surface area contributed by atoms with Crippen LogP contribution in [-0.4, -0.2) is 29.7 Å². The topological polar surface area (TPSA) is 79.0 Å². The van der Waals surface area contributed by atoms with Gasteiger partial charge in [-0.3, -0.25) is 0 Å². The van der Waals surface area contributed by atoms with Crippen LogP contribution in [0, 0.1) is 12.0 Å². The predicted molar refractivity (Wildman–Crippen MR) is 70.6 cm³/mol. The minimum atomic E-state index is -1.25. The molecular weight excluding hydrogens is 389 g/mol. The second kappa shape index (κ2) is 9.01. The van der Waals surface area contributed by atoms with E-state index in [0.717, 1.165) is 11.5 Å². The molecule has 2 aromatic carbocycles. The van der Waals surface area contributed by atoms with Gasteiger partial charge >= 0.3 is 26.3 Å². The quantitative estimate of drug-likeness (QED) is 0.524. The molecule has 2 N–H and O–H groups in total. The van der Waals surface area contributed by atoms with Crippen molar-refractivity contribution in [2.45, 2.75) is 0 Å². The number of methoxy groups -OCH3 is 2. The van der Waals surface area contributed by atoms with Gasteiger partial charge in [0, 0.05) is 0 Å². The first-order chi connectivity index (χ1) is 10.0. The van der Waals surface area contributed by atoms with Crippen LogP contribution in [0.1, 0.15) is 0 Å². The van der Waals surface area contributed by atoms with Gasteiger partial charge in [0.1, 0.15) is 16.4 Å². The van der Waals surface area contributed by atoms with E-state index in [9.17, 15) is 0 Å². The average Bonchev–Trinajstić information content (AvgIpc) is 2.48. The first kappa shape index (κ1) is 17.0. The maximum absolute atomic E-state index is 8.47. The van der Waals surface area contributed by atoms with Crippen LogP contribution in [0.5, 0.6) is 11.5 Å². The summed E-state index contributed by atoms with van der Waals surface area (Å²) < 4.78 is 13.1. The van der Waals surface area contributed by atoms with Crippen molar-refractivity contribution in [2.75, 3.05) is 14.2 Å². The van der Waals surface area contributed by atoms with Gasteiger partial charge < -0.3 is 9.47 Å². The Kier molecular flexibility index (Phi) is 7.30. The van der Waals surface area contributed by atoms with Crippen molar-refractivity contribution in [1.82, 2.24) is 0 Å². The van der Waals surface area contributed by atoms with E-state index >= 15 is 0 Å². The second-order valence-corrected chi connectivity index (χ2v) is 6.69. The molecular formula is C14H16INO5+2. The highest BCUT2D eigenvalue weighted by molar-refractivity contribution is 5.22. The lowest BCUT2D eigenvalue weighted by atomic mass is 10.3. The molecule has 6 nitrogen and oxygen atoms in total. The van der Waals surface area contributed by atoms with Crippen LogP contribution >= 0.6 is 0 Å². The van der Waals surface area contributed by atoms with Crippen LogP contribution in [-0.2, 0) is 0 Å². The van der Waals surface area contributed by atoms with Gasteiger partial charge in [0.15, 0.2) is 7.14 Å². The first-order valence-corrected chi connectivity index (χ1v) is 7.99. The Hall–Kier alpha value is -2.03. The Morgan fingerprint density at radius 1 is 0.810 bits per heavy atom. The normalized spacial score (nSPS) is 9.24. The molecule has 0 heterocycles. The number of rotatable bonds is 4. The Labute approximate surface area is 132 Å². The number of halogens is 1. The Bertz CT molecular complexity index is 507. The number of hydrogen-bond acceptors (Lipinski definition) is 3. The van der Waals surface area contributed by atoms with Gasteiger partial charge in [-0.05, 0) is 48.5 Å². The molecule has 0 saturated heterocycles. The third kappa shape index (κ3) is 6.80. The molecule has 0 aliphatic carbocycles. The summed E-state index contributed by atoms with van der Waals surface area (Å²) in [5.41, 5.74) is 0. The highest BCUT2D eigenvalue weighted by atomic mass is 127. The van der Waals surface area contributed by atoms with E-state index < -0.39 is 5.09 Å². The number of benzene rings is 2. The molecule has 0 aliphatic heterocycles. The van der Waals surface area contributed by atoms with Crippen molar-refractivity contribution in [3.63, 3.8) is 0 Å². The molecule has 2 rings (SSSR count). The van der Waals surface area contributed by atoms with E-state index in [2.05, 4.69) is 24.3 Å². The molecule has 7 heteroatoms. The second-order valence-electron chi connectivity index (χ2n) is 3.66. The molecule has 0 spiro atoms. The van der Waals surface area contributed by atoms with Crippen LogP contribution in [0.25, 0.3) is 0 Å². The Balaban J connectivity index is 0.000000491. The summed E-state index contributed by atoms with van der Waals surface area (Å²) in [7, 11) is 3.38. The molecule has 2 aromatic rings. The van der Waals surface area contributed by atoms with Crippen molar-refractivity contribution < 1.29 is 46.2 Å². The van der Waals surface area contributed by atoms with Crippen molar-refractivity contribution in [1.29, 1.82) is 0 Å². The summed E-state index contributed by atoms with van der Waals surface area (Å²) in [6.07, 6.45) is 0. The number of ether oxygens (including phenoxy) is 2. The van der Waals surface area contributed by atoms with Gasteiger partial charge in [-0.2, -0.15) is 0 Å². The highest BCUT2D eigenvalue weighted by Crippen LogP contribution is 2.07. The zero-order valence-corrected chi connectivity index (χ0v) is 13.7. The monoisotopic (exact) mass is 405 g/mol. The summed E-state index contributed by atoms with van der Waals surface area (Å²) in [6.45, 7) is 0.